The molecule has 8 nitrogen and oxygen atoms in total. The zero-order valence-corrected chi connectivity index (χ0v) is 18.5. The number of imidazole rings is 1. The van der Waals surface area contributed by atoms with E-state index in [-0.39, 0.29) is 11.8 Å². The number of aromatic amines is 1. The fourth-order valence-electron chi connectivity index (χ4n) is 4.45. The largest absolute Gasteiger partial charge is 0.379 e. The van der Waals surface area contributed by atoms with E-state index in [1.54, 1.807) is 0 Å². The number of hydrogen-bond acceptors (Lipinski definition) is 6. The fraction of sp³-hybridized carbons (Fsp3) is 0.458. The first-order valence-corrected chi connectivity index (χ1v) is 11.4. The van der Waals surface area contributed by atoms with Crippen LogP contribution in [-0.4, -0.2) is 65.2 Å². The number of fused-ring (bicyclic) bond motifs is 1. The minimum atomic E-state index is 0.0195. The number of aryl methyl sites for hydroxylation is 1. The maximum atomic E-state index is 12.9. The van der Waals surface area contributed by atoms with Crippen LogP contribution in [0.2, 0.25) is 0 Å². The highest BCUT2D eigenvalue weighted by atomic mass is 16.5. The highest BCUT2D eigenvalue weighted by Gasteiger charge is 2.25. The summed E-state index contributed by atoms with van der Waals surface area (Å²) in [6.07, 6.45) is 3.56. The molecule has 2 aromatic heterocycles. The number of nitrogens with zero attached hydrogens (tertiary/aromatic N) is 4. The lowest BCUT2D eigenvalue weighted by atomic mass is 9.95. The standard InChI is InChI=1S/C24H30N6O2/c1-17-2-5-23(25-15-17)30-8-6-18(7-9-30)24(31)26-19-3-4-20-21(14-19)28-22(27-20)16-29-10-12-32-13-11-29/h2-5,14-15,18H,6-13,16H2,1H3,(H,26,31)(H,27,28). The third-order valence-electron chi connectivity index (χ3n) is 6.36. The van der Waals surface area contributed by atoms with Gasteiger partial charge in [0.15, 0.2) is 0 Å². The van der Waals surface area contributed by atoms with Crippen LogP contribution in [0.1, 0.15) is 24.2 Å². The third-order valence-corrected chi connectivity index (χ3v) is 6.36. The van der Waals surface area contributed by atoms with Crippen molar-refractivity contribution in [3.63, 3.8) is 0 Å². The lowest BCUT2D eigenvalue weighted by molar-refractivity contribution is -0.120. The summed E-state index contributed by atoms with van der Waals surface area (Å²) in [5, 5.41) is 3.11. The highest BCUT2D eigenvalue weighted by Crippen LogP contribution is 2.24. The summed E-state index contributed by atoms with van der Waals surface area (Å²) in [6.45, 7) is 7.92. The van der Waals surface area contributed by atoms with Crippen LogP contribution in [0.15, 0.2) is 36.5 Å². The number of carbonyl (C=O) groups excluding carboxylic acids is 1. The summed E-state index contributed by atoms with van der Waals surface area (Å²) in [5.74, 6) is 2.05. The van der Waals surface area contributed by atoms with Gasteiger partial charge in [0.05, 0.1) is 30.8 Å². The number of rotatable bonds is 5. The van der Waals surface area contributed by atoms with Crippen LogP contribution in [0, 0.1) is 12.8 Å². The Kier molecular flexibility index (Phi) is 6.05. The number of hydrogen-bond donors (Lipinski definition) is 2. The Labute approximate surface area is 188 Å². The quantitative estimate of drug-likeness (QED) is 0.642. The number of ether oxygens (including phenoxy) is 1. The zero-order chi connectivity index (χ0) is 21.9. The molecule has 2 saturated heterocycles. The average Bonchev–Trinajstić information content (AvgIpc) is 3.22. The van der Waals surface area contributed by atoms with Gasteiger partial charge in [-0.15, -0.1) is 0 Å². The van der Waals surface area contributed by atoms with E-state index >= 15 is 0 Å². The van der Waals surface area contributed by atoms with Crippen molar-refractivity contribution in [2.24, 2.45) is 5.92 Å². The summed E-state index contributed by atoms with van der Waals surface area (Å²) in [5.41, 5.74) is 3.84. The molecule has 168 valence electrons. The molecule has 0 radical (unpaired) electrons. The minimum absolute atomic E-state index is 0.0195. The molecule has 0 atom stereocenters. The Bertz CT molecular complexity index is 1070. The van der Waals surface area contributed by atoms with Crippen LogP contribution in [-0.2, 0) is 16.1 Å². The normalized spacial score (nSPS) is 18.2. The van der Waals surface area contributed by atoms with E-state index in [1.165, 1.54) is 0 Å². The molecule has 1 amide bonds. The van der Waals surface area contributed by atoms with Gasteiger partial charge in [0.25, 0.3) is 0 Å². The SMILES string of the molecule is Cc1ccc(N2CCC(C(=O)Nc3ccc4nc(CN5CCOCC5)[nH]c4c3)CC2)nc1. The van der Waals surface area contributed by atoms with Crippen molar-refractivity contribution in [3.8, 4) is 0 Å². The molecular weight excluding hydrogens is 404 g/mol. The van der Waals surface area contributed by atoms with Crippen molar-refractivity contribution >= 4 is 28.4 Å². The molecule has 5 rings (SSSR count). The van der Waals surface area contributed by atoms with E-state index in [2.05, 4.69) is 37.2 Å². The topological polar surface area (TPSA) is 86.4 Å². The zero-order valence-electron chi connectivity index (χ0n) is 18.5. The Hall–Kier alpha value is -2.97. The second kappa shape index (κ2) is 9.26. The molecule has 1 aromatic carbocycles. The molecule has 2 N–H and O–H groups in total. The van der Waals surface area contributed by atoms with E-state index < -0.39 is 0 Å². The summed E-state index contributed by atoms with van der Waals surface area (Å²) >= 11 is 0. The first-order chi connectivity index (χ1) is 15.6. The van der Waals surface area contributed by atoms with Gasteiger partial charge in [0.1, 0.15) is 11.6 Å². The molecule has 4 heterocycles. The van der Waals surface area contributed by atoms with Gasteiger partial charge in [-0.25, -0.2) is 9.97 Å². The summed E-state index contributed by atoms with van der Waals surface area (Å²) in [6, 6.07) is 10.0. The van der Waals surface area contributed by atoms with Crippen LogP contribution in [0.3, 0.4) is 0 Å². The number of amides is 1. The molecule has 8 heteroatoms. The fourth-order valence-corrected chi connectivity index (χ4v) is 4.45. The van der Waals surface area contributed by atoms with Crippen LogP contribution >= 0.6 is 0 Å². The van der Waals surface area contributed by atoms with Gasteiger partial charge in [0.2, 0.25) is 5.91 Å². The number of pyridine rings is 1. The van der Waals surface area contributed by atoms with Crippen molar-refractivity contribution in [3.05, 3.63) is 47.9 Å². The van der Waals surface area contributed by atoms with Crippen LogP contribution in [0.25, 0.3) is 11.0 Å². The summed E-state index contributed by atoms with van der Waals surface area (Å²) in [4.78, 5) is 30.1. The van der Waals surface area contributed by atoms with Crippen molar-refractivity contribution in [2.45, 2.75) is 26.3 Å². The molecule has 0 unspecified atom stereocenters. The van der Waals surface area contributed by atoms with Gasteiger partial charge >= 0.3 is 0 Å². The smallest absolute Gasteiger partial charge is 0.227 e. The second-order valence-corrected chi connectivity index (χ2v) is 8.75. The maximum absolute atomic E-state index is 12.9. The summed E-state index contributed by atoms with van der Waals surface area (Å²) in [7, 11) is 0. The van der Waals surface area contributed by atoms with Crippen LogP contribution in [0.5, 0.6) is 0 Å². The Balaban J connectivity index is 1.18. The number of benzene rings is 1. The van der Waals surface area contributed by atoms with Crippen LogP contribution in [0.4, 0.5) is 11.5 Å². The number of aromatic nitrogens is 3. The number of morpholine rings is 1. The van der Waals surface area contributed by atoms with Gasteiger partial charge in [-0.1, -0.05) is 6.07 Å². The highest BCUT2D eigenvalue weighted by molar-refractivity contribution is 5.94. The van der Waals surface area contributed by atoms with Crippen molar-refractivity contribution in [1.29, 1.82) is 0 Å². The second-order valence-electron chi connectivity index (χ2n) is 8.75. The van der Waals surface area contributed by atoms with Crippen molar-refractivity contribution in [1.82, 2.24) is 19.9 Å². The number of H-pyrrole nitrogens is 1. The number of piperidine rings is 1. The van der Waals surface area contributed by atoms with E-state index in [0.717, 1.165) is 92.7 Å². The molecule has 32 heavy (non-hydrogen) atoms. The number of anilines is 2. The van der Waals surface area contributed by atoms with E-state index in [4.69, 9.17) is 9.72 Å². The Morgan fingerprint density at radius 3 is 2.72 bits per heavy atom. The molecular formula is C24H30N6O2. The molecule has 2 aliphatic rings. The molecule has 0 spiro atoms. The Morgan fingerprint density at radius 1 is 1.16 bits per heavy atom. The minimum Gasteiger partial charge on any atom is -0.379 e. The average molecular weight is 435 g/mol. The van der Waals surface area contributed by atoms with Gasteiger partial charge in [-0.2, -0.15) is 0 Å². The third kappa shape index (κ3) is 4.76. The molecule has 3 aromatic rings. The van der Waals surface area contributed by atoms with Gasteiger partial charge in [-0.05, 0) is 49.6 Å². The number of nitrogens with one attached hydrogen (secondary N) is 2. The van der Waals surface area contributed by atoms with Crippen molar-refractivity contribution < 1.29 is 9.53 Å². The molecule has 0 aliphatic carbocycles. The Morgan fingerprint density at radius 2 is 1.97 bits per heavy atom. The van der Waals surface area contributed by atoms with Gasteiger partial charge in [-0.3, -0.25) is 9.69 Å². The van der Waals surface area contributed by atoms with Crippen molar-refractivity contribution in [2.75, 3.05) is 49.6 Å². The van der Waals surface area contributed by atoms with Crippen LogP contribution < -0.4 is 10.2 Å². The molecule has 0 bridgehead atoms. The first-order valence-electron chi connectivity index (χ1n) is 11.4. The van der Waals surface area contributed by atoms with Gasteiger partial charge < -0.3 is 19.9 Å². The molecule has 2 fully saturated rings. The summed E-state index contributed by atoms with van der Waals surface area (Å²) < 4.78 is 5.41. The number of carbonyl (C=O) groups is 1. The van der Waals surface area contributed by atoms with E-state index in [0.29, 0.717) is 0 Å². The maximum Gasteiger partial charge on any atom is 0.227 e. The molecule has 0 saturated carbocycles. The first kappa shape index (κ1) is 20.9. The lowest BCUT2D eigenvalue weighted by Gasteiger charge is -2.32. The van der Waals surface area contributed by atoms with Gasteiger partial charge in [0, 0.05) is 44.0 Å². The predicted octanol–water partition coefficient (Wildman–Crippen LogP) is 2.95. The van der Waals surface area contributed by atoms with E-state index in [1.807, 2.05) is 31.3 Å². The monoisotopic (exact) mass is 434 g/mol. The molecule has 2 aliphatic heterocycles. The predicted molar refractivity (Wildman–Crippen MR) is 125 cm³/mol. The van der Waals surface area contributed by atoms with E-state index in [9.17, 15) is 4.79 Å². The lowest BCUT2D eigenvalue weighted by Crippen LogP contribution is -2.38.